The van der Waals surface area contributed by atoms with Gasteiger partial charge in [-0.05, 0) is 13.8 Å². The molecule has 1 unspecified atom stereocenters. The van der Waals surface area contributed by atoms with Gasteiger partial charge in [0, 0.05) is 6.61 Å². The molecule has 0 aliphatic heterocycles. The van der Waals surface area contributed by atoms with E-state index in [0.29, 0.717) is 13.2 Å². The van der Waals surface area contributed by atoms with Crippen LogP contribution in [0, 0.1) is 0 Å². The monoisotopic (exact) mass is 248 g/mol. The molecule has 0 fully saturated rings. The molecule has 0 radical (unpaired) electrons. The van der Waals surface area contributed by atoms with Gasteiger partial charge in [0.25, 0.3) is 0 Å². The Kier molecular flexibility index (Phi) is 9.37. The van der Waals surface area contributed by atoms with Crippen LogP contribution in [0.3, 0.4) is 0 Å². The number of esters is 2. The molecule has 17 heavy (non-hydrogen) atoms. The SMILES string of the molecule is CCOCCOC(CC(=O)OC)C(=O)OCC. The van der Waals surface area contributed by atoms with Crippen molar-refractivity contribution < 1.29 is 28.5 Å². The molecular formula is C11H20O6. The van der Waals surface area contributed by atoms with Crippen molar-refractivity contribution in [1.82, 2.24) is 0 Å². The minimum Gasteiger partial charge on any atom is -0.469 e. The maximum Gasteiger partial charge on any atom is 0.335 e. The number of methoxy groups -OCH3 is 1. The predicted molar refractivity (Wildman–Crippen MR) is 59.5 cm³/mol. The molecule has 0 saturated heterocycles. The van der Waals surface area contributed by atoms with Gasteiger partial charge in [-0.2, -0.15) is 0 Å². The molecule has 0 N–H and O–H groups in total. The molecule has 0 bridgehead atoms. The molecular weight excluding hydrogens is 228 g/mol. The van der Waals surface area contributed by atoms with E-state index in [2.05, 4.69) is 4.74 Å². The summed E-state index contributed by atoms with van der Waals surface area (Å²) in [6, 6.07) is 0. The lowest BCUT2D eigenvalue weighted by molar-refractivity contribution is -0.163. The number of hydrogen-bond acceptors (Lipinski definition) is 6. The highest BCUT2D eigenvalue weighted by Crippen LogP contribution is 2.03. The molecule has 0 aromatic rings. The van der Waals surface area contributed by atoms with Gasteiger partial charge in [0.2, 0.25) is 0 Å². The highest BCUT2D eigenvalue weighted by atomic mass is 16.6. The highest BCUT2D eigenvalue weighted by Gasteiger charge is 2.24. The van der Waals surface area contributed by atoms with Gasteiger partial charge in [-0.1, -0.05) is 0 Å². The molecule has 0 aromatic heterocycles. The molecule has 1 atom stereocenters. The Morgan fingerprint density at radius 3 is 2.35 bits per heavy atom. The summed E-state index contributed by atoms with van der Waals surface area (Å²) in [5, 5.41) is 0. The lowest BCUT2D eigenvalue weighted by Gasteiger charge is -2.15. The number of ether oxygens (including phenoxy) is 4. The fourth-order valence-corrected chi connectivity index (χ4v) is 1.07. The third kappa shape index (κ3) is 7.70. The van der Waals surface area contributed by atoms with Gasteiger partial charge in [-0.15, -0.1) is 0 Å². The zero-order chi connectivity index (χ0) is 13.1. The third-order valence-corrected chi connectivity index (χ3v) is 1.88. The normalized spacial score (nSPS) is 11.9. The van der Waals surface area contributed by atoms with Gasteiger partial charge in [-0.3, -0.25) is 4.79 Å². The summed E-state index contributed by atoms with van der Waals surface area (Å²) in [4.78, 5) is 22.5. The first-order chi connectivity index (χ1) is 8.15. The van der Waals surface area contributed by atoms with E-state index in [-0.39, 0.29) is 19.6 Å². The van der Waals surface area contributed by atoms with Crippen molar-refractivity contribution in [3.05, 3.63) is 0 Å². The molecule has 0 rings (SSSR count). The molecule has 0 spiro atoms. The topological polar surface area (TPSA) is 71.1 Å². The fourth-order valence-electron chi connectivity index (χ4n) is 1.07. The first kappa shape index (κ1) is 15.9. The molecule has 6 heteroatoms. The Morgan fingerprint density at radius 1 is 1.12 bits per heavy atom. The predicted octanol–water partition coefficient (Wildman–Crippen LogP) is 0.534. The largest absolute Gasteiger partial charge is 0.469 e. The van der Waals surface area contributed by atoms with Crippen molar-refractivity contribution in [3.8, 4) is 0 Å². The van der Waals surface area contributed by atoms with Crippen LogP contribution in [0.5, 0.6) is 0 Å². The molecule has 0 saturated carbocycles. The lowest BCUT2D eigenvalue weighted by Crippen LogP contribution is -2.31. The highest BCUT2D eigenvalue weighted by molar-refractivity contribution is 5.81. The number of hydrogen-bond donors (Lipinski definition) is 0. The zero-order valence-electron chi connectivity index (χ0n) is 10.6. The quantitative estimate of drug-likeness (QED) is 0.438. The minimum absolute atomic E-state index is 0.151. The number of rotatable bonds is 9. The fraction of sp³-hybridized carbons (Fsp3) is 0.818. The third-order valence-electron chi connectivity index (χ3n) is 1.88. The number of carbonyl (C=O) groups excluding carboxylic acids is 2. The maximum absolute atomic E-state index is 11.5. The molecule has 0 amide bonds. The second-order valence-electron chi connectivity index (χ2n) is 3.09. The first-order valence-electron chi connectivity index (χ1n) is 5.58. The van der Waals surface area contributed by atoms with Gasteiger partial charge < -0.3 is 18.9 Å². The zero-order valence-corrected chi connectivity index (χ0v) is 10.6. The van der Waals surface area contributed by atoms with E-state index in [0.717, 1.165) is 0 Å². The Balaban J connectivity index is 4.10. The Labute approximate surface area is 101 Å². The minimum atomic E-state index is -0.928. The first-order valence-corrected chi connectivity index (χ1v) is 5.58. The van der Waals surface area contributed by atoms with Crippen LogP contribution in [0.15, 0.2) is 0 Å². The van der Waals surface area contributed by atoms with E-state index in [1.54, 1.807) is 6.92 Å². The summed E-state index contributed by atoms with van der Waals surface area (Å²) >= 11 is 0. The van der Waals surface area contributed by atoms with Crippen LogP contribution >= 0.6 is 0 Å². The van der Waals surface area contributed by atoms with Gasteiger partial charge in [-0.25, -0.2) is 4.79 Å². The van der Waals surface area contributed by atoms with E-state index in [1.165, 1.54) is 7.11 Å². The van der Waals surface area contributed by atoms with E-state index in [1.807, 2.05) is 6.92 Å². The van der Waals surface area contributed by atoms with Crippen LogP contribution in [0.4, 0.5) is 0 Å². The number of carbonyl (C=O) groups is 2. The maximum atomic E-state index is 11.5. The van der Waals surface area contributed by atoms with E-state index in [9.17, 15) is 9.59 Å². The smallest absolute Gasteiger partial charge is 0.335 e. The molecule has 0 aromatic carbocycles. The molecule has 100 valence electrons. The average molecular weight is 248 g/mol. The van der Waals surface area contributed by atoms with Crippen molar-refractivity contribution in [2.24, 2.45) is 0 Å². The van der Waals surface area contributed by atoms with E-state index >= 15 is 0 Å². The average Bonchev–Trinajstić information content (AvgIpc) is 2.33. The van der Waals surface area contributed by atoms with Gasteiger partial charge in [0.1, 0.15) is 0 Å². The van der Waals surface area contributed by atoms with Crippen LogP contribution in [0.2, 0.25) is 0 Å². The second kappa shape index (κ2) is 10.0. The van der Waals surface area contributed by atoms with Crippen LogP contribution in [0.1, 0.15) is 20.3 Å². The van der Waals surface area contributed by atoms with Crippen molar-refractivity contribution in [2.75, 3.05) is 33.5 Å². The lowest BCUT2D eigenvalue weighted by atomic mass is 10.2. The molecule has 0 heterocycles. The van der Waals surface area contributed by atoms with Crippen LogP contribution in [-0.4, -0.2) is 51.6 Å². The Morgan fingerprint density at radius 2 is 1.82 bits per heavy atom. The van der Waals surface area contributed by atoms with Crippen LogP contribution in [-0.2, 0) is 28.5 Å². The van der Waals surface area contributed by atoms with Crippen molar-refractivity contribution in [1.29, 1.82) is 0 Å². The summed E-state index contributed by atoms with van der Waals surface area (Å²) < 4.78 is 19.6. The van der Waals surface area contributed by atoms with Gasteiger partial charge >= 0.3 is 11.9 Å². The molecule has 0 aliphatic carbocycles. The van der Waals surface area contributed by atoms with Gasteiger partial charge in [0.15, 0.2) is 6.10 Å². The van der Waals surface area contributed by atoms with Crippen LogP contribution < -0.4 is 0 Å². The second-order valence-corrected chi connectivity index (χ2v) is 3.09. The standard InChI is InChI=1S/C11H20O6/c1-4-15-6-7-17-9(8-10(12)14-3)11(13)16-5-2/h9H,4-8H2,1-3H3. The van der Waals surface area contributed by atoms with Crippen molar-refractivity contribution in [3.63, 3.8) is 0 Å². The summed E-state index contributed by atoms with van der Waals surface area (Å²) in [6.07, 6.45) is -1.08. The summed E-state index contributed by atoms with van der Waals surface area (Å²) in [5.41, 5.74) is 0. The summed E-state index contributed by atoms with van der Waals surface area (Å²) in [5.74, 6) is -1.08. The molecule has 0 aliphatic rings. The molecule has 6 nitrogen and oxygen atoms in total. The van der Waals surface area contributed by atoms with E-state index < -0.39 is 18.0 Å². The Hall–Kier alpha value is -1.14. The van der Waals surface area contributed by atoms with Crippen molar-refractivity contribution in [2.45, 2.75) is 26.4 Å². The van der Waals surface area contributed by atoms with Gasteiger partial charge in [0.05, 0.1) is 33.4 Å². The summed E-state index contributed by atoms with van der Waals surface area (Å²) in [7, 11) is 1.25. The van der Waals surface area contributed by atoms with Crippen molar-refractivity contribution >= 4 is 11.9 Å². The Bertz CT molecular complexity index is 228. The summed E-state index contributed by atoms with van der Waals surface area (Å²) in [6.45, 7) is 4.96. The van der Waals surface area contributed by atoms with Crippen LogP contribution in [0.25, 0.3) is 0 Å². The van der Waals surface area contributed by atoms with E-state index in [4.69, 9.17) is 14.2 Å².